The van der Waals surface area contributed by atoms with E-state index in [1.54, 1.807) is 24.5 Å². The predicted octanol–water partition coefficient (Wildman–Crippen LogP) is 4.19. The molecule has 0 atom stereocenters. The number of H-pyrrole nitrogens is 1. The first-order valence-corrected chi connectivity index (χ1v) is 8.58. The normalized spacial score (nSPS) is 11.2. The van der Waals surface area contributed by atoms with Crippen LogP contribution in [-0.2, 0) is 0 Å². The molecule has 5 aromatic rings. The van der Waals surface area contributed by atoms with Crippen molar-refractivity contribution < 1.29 is 9.13 Å². The SMILES string of the molecule is O=c1[nH]c(-n2cccn2)nc2cc(F)c(Oc3cccc4ccccc34)cc12. The van der Waals surface area contributed by atoms with Crippen LogP contribution < -0.4 is 10.3 Å². The van der Waals surface area contributed by atoms with Crippen LogP contribution in [0.1, 0.15) is 0 Å². The summed E-state index contributed by atoms with van der Waals surface area (Å²) in [5.74, 6) is 0.0754. The average molecular weight is 372 g/mol. The monoisotopic (exact) mass is 372 g/mol. The van der Waals surface area contributed by atoms with E-state index in [2.05, 4.69) is 15.1 Å². The largest absolute Gasteiger partial charge is 0.454 e. The molecule has 136 valence electrons. The fraction of sp³-hybridized carbons (Fsp3) is 0. The maximum absolute atomic E-state index is 14.7. The molecule has 0 saturated heterocycles. The van der Waals surface area contributed by atoms with Gasteiger partial charge in [-0.25, -0.2) is 14.1 Å². The van der Waals surface area contributed by atoms with Gasteiger partial charge in [-0.1, -0.05) is 36.4 Å². The number of fused-ring (bicyclic) bond motifs is 2. The summed E-state index contributed by atoms with van der Waals surface area (Å²) in [5, 5.41) is 6.08. The molecule has 5 rings (SSSR count). The van der Waals surface area contributed by atoms with Gasteiger partial charge in [-0.3, -0.25) is 9.78 Å². The minimum Gasteiger partial charge on any atom is -0.454 e. The fourth-order valence-corrected chi connectivity index (χ4v) is 3.11. The zero-order valence-corrected chi connectivity index (χ0v) is 14.5. The molecule has 0 saturated carbocycles. The molecule has 0 aliphatic heterocycles. The Labute approximate surface area is 157 Å². The molecule has 0 unspecified atom stereocenters. The van der Waals surface area contributed by atoms with Crippen LogP contribution in [0.15, 0.2) is 77.9 Å². The van der Waals surface area contributed by atoms with Gasteiger partial charge >= 0.3 is 0 Å². The van der Waals surface area contributed by atoms with E-state index >= 15 is 0 Å². The number of hydrogen-bond donors (Lipinski definition) is 1. The van der Waals surface area contributed by atoms with Crippen LogP contribution in [0.2, 0.25) is 0 Å². The van der Waals surface area contributed by atoms with Gasteiger partial charge in [0, 0.05) is 23.8 Å². The second-order valence-electron chi connectivity index (χ2n) is 6.22. The summed E-state index contributed by atoms with van der Waals surface area (Å²) in [5.41, 5.74) is -0.185. The summed E-state index contributed by atoms with van der Waals surface area (Å²) in [6.45, 7) is 0. The van der Waals surface area contributed by atoms with Crippen molar-refractivity contribution in [3.8, 4) is 17.4 Å². The molecule has 0 fully saturated rings. The van der Waals surface area contributed by atoms with Crippen molar-refractivity contribution in [2.45, 2.75) is 0 Å². The van der Waals surface area contributed by atoms with Crippen LogP contribution in [0.4, 0.5) is 4.39 Å². The summed E-state index contributed by atoms with van der Waals surface area (Å²) in [6, 6.07) is 17.5. The van der Waals surface area contributed by atoms with Gasteiger partial charge < -0.3 is 4.74 Å². The molecule has 0 amide bonds. The van der Waals surface area contributed by atoms with Crippen molar-refractivity contribution in [2.24, 2.45) is 0 Å². The minimum absolute atomic E-state index is 0.0389. The van der Waals surface area contributed by atoms with Crippen LogP contribution in [0, 0.1) is 5.82 Å². The highest BCUT2D eigenvalue weighted by Gasteiger charge is 2.13. The van der Waals surface area contributed by atoms with Crippen LogP contribution in [0.3, 0.4) is 0 Å². The number of benzene rings is 3. The van der Waals surface area contributed by atoms with E-state index in [4.69, 9.17) is 4.74 Å². The zero-order valence-electron chi connectivity index (χ0n) is 14.5. The zero-order chi connectivity index (χ0) is 19.1. The number of nitrogens with zero attached hydrogens (tertiary/aromatic N) is 3. The van der Waals surface area contributed by atoms with Crippen molar-refractivity contribution in [2.75, 3.05) is 0 Å². The lowest BCUT2D eigenvalue weighted by atomic mass is 10.1. The second kappa shape index (κ2) is 6.31. The van der Waals surface area contributed by atoms with E-state index in [0.29, 0.717) is 5.75 Å². The Morgan fingerprint density at radius 1 is 0.964 bits per heavy atom. The first kappa shape index (κ1) is 16.2. The number of hydrogen-bond acceptors (Lipinski definition) is 4. The molecular weight excluding hydrogens is 359 g/mol. The van der Waals surface area contributed by atoms with Gasteiger partial charge in [0.2, 0.25) is 5.95 Å². The van der Waals surface area contributed by atoms with Crippen molar-refractivity contribution in [3.05, 3.63) is 89.2 Å². The molecule has 1 N–H and O–H groups in total. The second-order valence-corrected chi connectivity index (χ2v) is 6.22. The molecule has 28 heavy (non-hydrogen) atoms. The van der Waals surface area contributed by atoms with Crippen molar-refractivity contribution in [1.82, 2.24) is 19.7 Å². The van der Waals surface area contributed by atoms with Gasteiger partial charge in [0.15, 0.2) is 11.6 Å². The van der Waals surface area contributed by atoms with Gasteiger partial charge in [0.25, 0.3) is 5.56 Å². The van der Waals surface area contributed by atoms with Crippen molar-refractivity contribution in [3.63, 3.8) is 0 Å². The maximum atomic E-state index is 14.7. The lowest BCUT2D eigenvalue weighted by molar-refractivity contribution is 0.447. The first-order valence-electron chi connectivity index (χ1n) is 8.58. The summed E-state index contributed by atoms with van der Waals surface area (Å²) in [7, 11) is 0. The number of halogens is 1. The summed E-state index contributed by atoms with van der Waals surface area (Å²) in [6.07, 6.45) is 3.20. The minimum atomic E-state index is -0.607. The Morgan fingerprint density at radius 2 is 1.82 bits per heavy atom. The molecule has 0 aliphatic carbocycles. The molecule has 0 bridgehead atoms. The van der Waals surface area contributed by atoms with E-state index in [1.165, 1.54) is 16.8 Å². The quantitative estimate of drug-likeness (QED) is 0.515. The lowest BCUT2D eigenvalue weighted by Gasteiger charge is -2.11. The van der Waals surface area contributed by atoms with Crippen molar-refractivity contribution >= 4 is 21.7 Å². The van der Waals surface area contributed by atoms with E-state index in [1.807, 2.05) is 36.4 Å². The molecule has 2 aromatic heterocycles. The molecule has 7 heteroatoms. The van der Waals surface area contributed by atoms with E-state index in [0.717, 1.165) is 10.8 Å². The van der Waals surface area contributed by atoms with Crippen LogP contribution in [0.25, 0.3) is 27.6 Å². The van der Waals surface area contributed by atoms with Gasteiger partial charge in [-0.05, 0) is 23.6 Å². The van der Waals surface area contributed by atoms with Gasteiger partial charge in [0.05, 0.1) is 10.9 Å². The predicted molar refractivity (Wildman–Crippen MR) is 103 cm³/mol. The number of rotatable bonds is 3. The third-order valence-electron chi connectivity index (χ3n) is 4.44. The number of ether oxygens (including phenoxy) is 1. The van der Waals surface area contributed by atoms with E-state index < -0.39 is 11.4 Å². The van der Waals surface area contributed by atoms with Crippen LogP contribution >= 0.6 is 0 Å². The highest BCUT2D eigenvalue weighted by atomic mass is 19.1. The Kier molecular flexibility index (Phi) is 3.65. The molecule has 0 radical (unpaired) electrons. The molecule has 0 spiro atoms. The lowest BCUT2D eigenvalue weighted by Crippen LogP contribution is -2.14. The molecule has 3 aromatic carbocycles. The third kappa shape index (κ3) is 2.69. The topological polar surface area (TPSA) is 72.8 Å². The van der Waals surface area contributed by atoms with E-state index in [-0.39, 0.29) is 22.6 Å². The Balaban J connectivity index is 1.62. The van der Waals surface area contributed by atoms with E-state index in [9.17, 15) is 9.18 Å². The Hall–Kier alpha value is -4.00. The molecule has 2 heterocycles. The average Bonchev–Trinajstić information content (AvgIpc) is 3.24. The summed E-state index contributed by atoms with van der Waals surface area (Å²) >= 11 is 0. The summed E-state index contributed by atoms with van der Waals surface area (Å²) < 4.78 is 21.9. The smallest absolute Gasteiger partial charge is 0.260 e. The highest BCUT2D eigenvalue weighted by molar-refractivity contribution is 5.88. The number of nitrogens with one attached hydrogen (secondary N) is 1. The van der Waals surface area contributed by atoms with Gasteiger partial charge in [0.1, 0.15) is 5.75 Å². The van der Waals surface area contributed by atoms with Crippen LogP contribution in [0.5, 0.6) is 11.5 Å². The molecular formula is C21H13FN4O2. The first-order chi connectivity index (χ1) is 13.7. The molecule has 6 nitrogen and oxygen atoms in total. The van der Waals surface area contributed by atoms with Gasteiger partial charge in [-0.15, -0.1) is 0 Å². The third-order valence-corrected chi connectivity index (χ3v) is 4.44. The Bertz CT molecular complexity index is 1370. The summed E-state index contributed by atoms with van der Waals surface area (Å²) in [4.78, 5) is 19.4. The fourth-order valence-electron chi connectivity index (χ4n) is 3.11. The number of aromatic amines is 1. The van der Waals surface area contributed by atoms with Crippen molar-refractivity contribution in [1.29, 1.82) is 0 Å². The standard InChI is InChI=1S/C21H13FN4O2/c22-16-12-17-15(20(27)25-21(24-17)26-10-4-9-23-26)11-19(16)28-18-8-3-6-13-5-1-2-7-14(13)18/h1-12H,(H,24,25,27). The molecule has 0 aliphatic rings. The van der Waals surface area contributed by atoms with Gasteiger partial charge in [-0.2, -0.15) is 5.10 Å². The Morgan fingerprint density at radius 3 is 2.68 bits per heavy atom. The highest BCUT2D eigenvalue weighted by Crippen LogP contribution is 2.32. The van der Waals surface area contributed by atoms with Crippen LogP contribution in [-0.4, -0.2) is 19.7 Å². The number of aromatic nitrogens is 4. The maximum Gasteiger partial charge on any atom is 0.260 e.